The lowest BCUT2D eigenvalue weighted by Gasteiger charge is -2.08. The molecular weight excluding hydrogens is 280 g/mol. The number of hydrogen-bond donors (Lipinski definition) is 1. The van der Waals surface area contributed by atoms with Crippen LogP contribution < -0.4 is 11.2 Å². The molecule has 4 heteroatoms. The number of aromatic nitrogens is 1. The van der Waals surface area contributed by atoms with Crippen molar-refractivity contribution >= 4 is 21.6 Å². The van der Waals surface area contributed by atoms with Crippen molar-refractivity contribution < 1.29 is 0 Å². The van der Waals surface area contributed by atoms with Crippen LogP contribution in [0.5, 0.6) is 0 Å². The Morgan fingerprint density at radius 1 is 1.24 bits per heavy atom. The minimum atomic E-state index is -0.162. The van der Waals surface area contributed by atoms with E-state index in [0.29, 0.717) is 11.0 Å². The summed E-state index contributed by atoms with van der Waals surface area (Å²) in [6, 6.07) is 8.27. The first-order valence-corrected chi connectivity index (χ1v) is 6.06. The van der Waals surface area contributed by atoms with E-state index in [4.69, 9.17) is 5.73 Å². The fraction of sp³-hybridized carbons (Fsp3) is 0.154. The Morgan fingerprint density at radius 2 is 1.88 bits per heavy atom. The van der Waals surface area contributed by atoms with Gasteiger partial charge in [-0.05, 0) is 28.4 Å². The molecule has 2 N–H and O–H groups in total. The van der Waals surface area contributed by atoms with Gasteiger partial charge in [-0.3, -0.25) is 4.79 Å². The zero-order chi connectivity index (χ0) is 12.4. The first-order chi connectivity index (χ1) is 8.06. The molecule has 17 heavy (non-hydrogen) atoms. The third-order valence-corrected chi connectivity index (χ3v) is 3.11. The average molecular weight is 293 g/mol. The van der Waals surface area contributed by atoms with Crippen LogP contribution in [0.4, 0.5) is 5.69 Å². The molecule has 0 amide bonds. The van der Waals surface area contributed by atoms with E-state index in [1.165, 1.54) is 11.1 Å². The van der Waals surface area contributed by atoms with Crippen LogP contribution >= 0.6 is 15.9 Å². The van der Waals surface area contributed by atoms with Gasteiger partial charge < -0.3 is 10.3 Å². The molecule has 0 saturated carbocycles. The zero-order valence-corrected chi connectivity index (χ0v) is 11.1. The molecule has 3 nitrogen and oxygen atoms in total. The molecule has 1 aromatic carbocycles. The van der Waals surface area contributed by atoms with Crippen molar-refractivity contribution in [2.45, 2.75) is 13.5 Å². The molecule has 88 valence electrons. The molecule has 0 atom stereocenters. The van der Waals surface area contributed by atoms with Crippen LogP contribution in [0.2, 0.25) is 0 Å². The van der Waals surface area contributed by atoms with Crippen LogP contribution in [0.3, 0.4) is 0 Å². The highest BCUT2D eigenvalue weighted by atomic mass is 79.9. The number of nitrogens with two attached hydrogens (primary N) is 1. The summed E-state index contributed by atoms with van der Waals surface area (Å²) >= 11 is 3.21. The van der Waals surface area contributed by atoms with E-state index in [1.807, 2.05) is 4.57 Å². The fourth-order valence-corrected chi connectivity index (χ4v) is 2.10. The number of rotatable bonds is 2. The number of benzene rings is 1. The van der Waals surface area contributed by atoms with Gasteiger partial charge in [0.2, 0.25) is 5.43 Å². The molecule has 0 spiro atoms. The molecule has 0 unspecified atom stereocenters. The Hall–Kier alpha value is -1.55. The van der Waals surface area contributed by atoms with Gasteiger partial charge in [-0.25, -0.2) is 0 Å². The van der Waals surface area contributed by atoms with Crippen LogP contribution in [0.25, 0.3) is 0 Å². The highest BCUT2D eigenvalue weighted by Gasteiger charge is 2.02. The fourth-order valence-electron chi connectivity index (χ4n) is 1.61. The summed E-state index contributed by atoms with van der Waals surface area (Å²) in [5, 5.41) is 0. The van der Waals surface area contributed by atoms with E-state index in [0.717, 1.165) is 0 Å². The van der Waals surface area contributed by atoms with E-state index in [9.17, 15) is 4.79 Å². The maximum absolute atomic E-state index is 11.4. The molecule has 1 heterocycles. The van der Waals surface area contributed by atoms with E-state index >= 15 is 0 Å². The van der Waals surface area contributed by atoms with Crippen molar-refractivity contribution in [1.29, 1.82) is 0 Å². The molecule has 0 aliphatic rings. The van der Waals surface area contributed by atoms with E-state index in [-0.39, 0.29) is 11.1 Å². The predicted octanol–water partition coefficient (Wildman–Crippen LogP) is 2.55. The van der Waals surface area contributed by atoms with Gasteiger partial charge in [0.25, 0.3) is 0 Å². The monoisotopic (exact) mass is 292 g/mol. The van der Waals surface area contributed by atoms with Crippen molar-refractivity contribution in [1.82, 2.24) is 4.57 Å². The van der Waals surface area contributed by atoms with Crippen molar-refractivity contribution in [3.8, 4) is 0 Å². The summed E-state index contributed by atoms with van der Waals surface area (Å²) in [7, 11) is 0. The topological polar surface area (TPSA) is 48.0 Å². The molecule has 1 aromatic heterocycles. The molecule has 2 rings (SSSR count). The molecular formula is C13H13BrN2O. The van der Waals surface area contributed by atoms with E-state index in [1.54, 1.807) is 12.4 Å². The Bertz CT molecular complexity index is 561. The van der Waals surface area contributed by atoms with Crippen LogP contribution in [0.15, 0.2) is 45.9 Å². The summed E-state index contributed by atoms with van der Waals surface area (Å²) in [6.07, 6.45) is 3.41. The number of pyridine rings is 1. The summed E-state index contributed by atoms with van der Waals surface area (Å²) in [6.45, 7) is 2.75. The molecule has 0 bridgehead atoms. The van der Waals surface area contributed by atoms with Crippen molar-refractivity contribution in [2.75, 3.05) is 5.73 Å². The number of nitrogens with zero attached hydrogens (tertiary/aromatic N) is 1. The first-order valence-electron chi connectivity index (χ1n) is 5.27. The molecule has 0 aliphatic heterocycles. The lowest BCUT2D eigenvalue weighted by molar-refractivity contribution is 0.787. The van der Waals surface area contributed by atoms with Gasteiger partial charge >= 0.3 is 0 Å². The molecule has 0 saturated heterocycles. The van der Waals surface area contributed by atoms with E-state index in [2.05, 4.69) is 47.1 Å². The minimum Gasteiger partial charge on any atom is -0.394 e. The molecule has 0 radical (unpaired) electrons. The van der Waals surface area contributed by atoms with E-state index < -0.39 is 0 Å². The van der Waals surface area contributed by atoms with Gasteiger partial charge in [-0.15, -0.1) is 0 Å². The minimum absolute atomic E-state index is 0.162. The lowest BCUT2D eigenvalue weighted by atomic mass is 10.1. The van der Waals surface area contributed by atoms with Gasteiger partial charge in [0.15, 0.2) is 0 Å². The van der Waals surface area contributed by atoms with Crippen LogP contribution in [-0.4, -0.2) is 4.57 Å². The number of anilines is 1. The van der Waals surface area contributed by atoms with Crippen molar-refractivity contribution in [3.63, 3.8) is 0 Å². The summed E-state index contributed by atoms with van der Waals surface area (Å²) in [4.78, 5) is 11.4. The SMILES string of the molecule is Cc1ccc(Cn2cc(N)c(=O)c(Br)c2)cc1. The Labute approximate surface area is 108 Å². The van der Waals surface area contributed by atoms with Crippen molar-refractivity contribution in [2.24, 2.45) is 0 Å². The largest absolute Gasteiger partial charge is 0.394 e. The average Bonchev–Trinajstić information content (AvgIpc) is 2.29. The number of aryl methyl sites for hydroxylation is 1. The molecule has 0 aliphatic carbocycles. The summed E-state index contributed by atoms with van der Waals surface area (Å²) in [5.41, 5.74) is 8.13. The maximum atomic E-state index is 11.4. The van der Waals surface area contributed by atoms with Gasteiger partial charge in [0, 0.05) is 18.9 Å². The second-order valence-corrected chi connectivity index (χ2v) is 4.90. The van der Waals surface area contributed by atoms with Gasteiger partial charge in [-0.2, -0.15) is 0 Å². The Kier molecular flexibility index (Phi) is 3.33. The molecule has 0 fully saturated rings. The highest BCUT2D eigenvalue weighted by molar-refractivity contribution is 9.10. The highest BCUT2D eigenvalue weighted by Crippen LogP contribution is 2.10. The number of halogens is 1. The summed E-state index contributed by atoms with van der Waals surface area (Å²) in [5.74, 6) is 0. The standard InChI is InChI=1S/C13H13BrN2O/c1-9-2-4-10(5-3-9)6-16-7-11(14)13(17)12(15)8-16/h2-5,7-8H,6,15H2,1H3. The van der Waals surface area contributed by atoms with Gasteiger partial charge in [0.1, 0.15) is 0 Å². The second-order valence-electron chi connectivity index (χ2n) is 4.05. The van der Waals surface area contributed by atoms with Gasteiger partial charge in [0.05, 0.1) is 10.2 Å². The lowest BCUT2D eigenvalue weighted by Crippen LogP contribution is -2.13. The first kappa shape index (κ1) is 11.9. The number of nitrogen functional groups attached to an aromatic ring is 1. The second kappa shape index (κ2) is 4.75. The zero-order valence-electron chi connectivity index (χ0n) is 9.48. The third kappa shape index (κ3) is 2.77. The van der Waals surface area contributed by atoms with Crippen LogP contribution in [0.1, 0.15) is 11.1 Å². The number of hydrogen-bond acceptors (Lipinski definition) is 2. The Morgan fingerprint density at radius 3 is 2.47 bits per heavy atom. The van der Waals surface area contributed by atoms with Crippen LogP contribution in [-0.2, 0) is 6.54 Å². The predicted molar refractivity (Wildman–Crippen MR) is 73.1 cm³/mol. The quantitative estimate of drug-likeness (QED) is 0.925. The van der Waals surface area contributed by atoms with Gasteiger partial charge in [-0.1, -0.05) is 29.8 Å². The van der Waals surface area contributed by atoms with Crippen LogP contribution in [0, 0.1) is 6.92 Å². The normalized spacial score (nSPS) is 10.5. The smallest absolute Gasteiger partial charge is 0.218 e. The molecule has 2 aromatic rings. The maximum Gasteiger partial charge on any atom is 0.218 e. The Balaban J connectivity index is 2.30. The summed E-state index contributed by atoms with van der Waals surface area (Å²) < 4.78 is 2.38. The van der Waals surface area contributed by atoms with Crippen molar-refractivity contribution in [3.05, 3.63) is 62.5 Å². The third-order valence-electron chi connectivity index (χ3n) is 2.55.